The fourth-order valence-electron chi connectivity index (χ4n) is 2.25. The Hall–Kier alpha value is -1.83. The lowest BCUT2D eigenvalue weighted by molar-refractivity contribution is 0.749. The maximum atomic E-state index is 8.58. The molecular formula is C13H19N5. The van der Waals surface area contributed by atoms with Gasteiger partial charge in [0.2, 0.25) is 0 Å². The summed E-state index contributed by atoms with van der Waals surface area (Å²) in [6, 6.07) is 4.65. The van der Waals surface area contributed by atoms with Gasteiger partial charge in [0.1, 0.15) is 18.0 Å². The predicted octanol–water partition coefficient (Wildman–Crippen LogP) is 2.18. The van der Waals surface area contributed by atoms with Crippen molar-refractivity contribution in [3.63, 3.8) is 0 Å². The SMILES string of the molecule is CN(CCC#N)c1cc(NC2CCCC2)ncn1. The van der Waals surface area contributed by atoms with Gasteiger partial charge in [-0.15, -0.1) is 0 Å². The Morgan fingerprint density at radius 3 is 2.94 bits per heavy atom. The van der Waals surface area contributed by atoms with Crippen LogP contribution in [0.25, 0.3) is 0 Å². The molecular weight excluding hydrogens is 226 g/mol. The first-order valence-electron chi connectivity index (χ1n) is 6.46. The van der Waals surface area contributed by atoms with Crippen molar-refractivity contribution >= 4 is 11.6 Å². The monoisotopic (exact) mass is 245 g/mol. The van der Waals surface area contributed by atoms with Crippen LogP contribution < -0.4 is 10.2 Å². The third-order valence-corrected chi connectivity index (χ3v) is 3.31. The molecule has 18 heavy (non-hydrogen) atoms. The van der Waals surface area contributed by atoms with E-state index in [-0.39, 0.29) is 0 Å². The molecule has 0 bridgehead atoms. The van der Waals surface area contributed by atoms with Crippen LogP contribution in [0.2, 0.25) is 0 Å². The lowest BCUT2D eigenvalue weighted by Crippen LogP contribution is -2.21. The zero-order chi connectivity index (χ0) is 12.8. The summed E-state index contributed by atoms with van der Waals surface area (Å²) in [5, 5.41) is 12.0. The molecule has 5 nitrogen and oxygen atoms in total. The maximum absolute atomic E-state index is 8.58. The highest BCUT2D eigenvalue weighted by Crippen LogP contribution is 2.22. The van der Waals surface area contributed by atoms with Crippen LogP contribution in [0, 0.1) is 11.3 Å². The van der Waals surface area contributed by atoms with E-state index in [4.69, 9.17) is 5.26 Å². The van der Waals surface area contributed by atoms with E-state index in [0.29, 0.717) is 19.0 Å². The van der Waals surface area contributed by atoms with Gasteiger partial charge in [-0.25, -0.2) is 9.97 Å². The van der Waals surface area contributed by atoms with Gasteiger partial charge in [0.15, 0.2) is 0 Å². The highest BCUT2D eigenvalue weighted by molar-refractivity contribution is 5.48. The Kier molecular flexibility index (Phi) is 4.35. The first kappa shape index (κ1) is 12.6. The summed E-state index contributed by atoms with van der Waals surface area (Å²) < 4.78 is 0. The number of hydrogen-bond acceptors (Lipinski definition) is 5. The van der Waals surface area contributed by atoms with Crippen molar-refractivity contribution in [2.45, 2.75) is 38.1 Å². The third kappa shape index (κ3) is 3.33. The summed E-state index contributed by atoms with van der Waals surface area (Å²) in [7, 11) is 1.94. The van der Waals surface area contributed by atoms with E-state index in [2.05, 4.69) is 21.4 Å². The van der Waals surface area contributed by atoms with E-state index >= 15 is 0 Å². The molecule has 1 fully saturated rings. The average molecular weight is 245 g/mol. The molecule has 1 aliphatic carbocycles. The van der Waals surface area contributed by atoms with Gasteiger partial charge in [-0.1, -0.05) is 12.8 Å². The molecule has 0 saturated heterocycles. The summed E-state index contributed by atoms with van der Waals surface area (Å²) in [4.78, 5) is 10.5. The standard InChI is InChI=1S/C13H19N5/c1-18(8-4-7-14)13-9-12(15-10-16-13)17-11-5-2-3-6-11/h9-11H,2-6,8H2,1H3,(H,15,16,17). The Morgan fingerprint density at radius 1 is 1.44 bits per heavy atom. The van der Waals surface area contributed by atoms with E-state index in [1.54, 1.807) is 6.33 Å². The second-order valence-corrected chi connectivity index (χ2v) is 4.72. The highest BCUT2D eigenvalue weighted by atomic mass is 15.2. The first-order valence-corrected chi connectivity index (χ1v) is 6.46. The molecule has 1 aromatic rings. The molecule has 0 amide bonds. The highest BCUT2D eigenvalue weighted by Gasteiger charge is 2.15. The quantitative estimate of drug-likeness (QED) is 0.861. The summed E-state index contributed by atoms with van der Waals surface area (Å²) >= 11 is 0. The van der Waals surface area contributed by atoms with Gasteiger partial charge in [-0.3, -0.25) is 0 Å². The predicted molar refractivity (Wildman–Crippen MR) is 71.4 cm³/mol. The molecule has 0 atom stereocenters. The zero-order valence-corrected chi connectivity index (χ0v) is 10.8. The average Bonchev–Trinajstić information content (AvgIpc) is 2.89. The van der Waals surface area contributed by atoms with E-state index in [0.717, 1.165) is 11.6 Å². The van der Waals surface area contributed by atoms with Crippen LogP contribution in [0.3, 0.4) is 0 Å². The van der Waals surface area contributed by atoms with Gasteiger partial charge < -0.3 is 10.2 Å². The lowest BCUT2D eigenvalue weighted by atomic mass is 10.2. The number of nitrogens with one attached hydrogen (secondary N) is 1. The molecule has 0 unspecified atom stereocenters. The van der Waals surface area contributed by atoms with E-state index < -0.39 is 0 Å². The molecule has 0 radical (unpaired) electrons. The number of anilines is 2. The minimum atomic E-state index is 0.506. The number of aromatic nitrogens is 2. The molecule has 5 heteroatoms. The molecule has 96 valence electrons. The summed E-state index contributed by atoms with van der Waals surface area (Å²) in [5.41, 5.74) is 0. The van der Waals surface area contributed by atoms with E-state index in [1.807, 2.05) is 18.0 Å². The molecule has 0 spiro atoms. The number of nitrogens with zero attached hydrogens (tertiary/aromatic N) is 4. The molecule has 1 saturated carbocycles. The van der Waals surface area contributed by atoms with Crippen LogP contribution in [0.1, 0.15) is 32.1 Å². The Bertz CT molecular complexity index is 420. The molecule has 0 aliphatic heterocycles. The Labute approximate surface area is 108 Å². The molecule has 0 aromatic carbocycles. The van der Waals surface area contributed by atoms with Crippen LogP contribution in [0.5, 0.6) is 0 Å². The Balaban J connectivity index is 1.98. The van der Waals surface area contributed by atoms with Gasteiger partial charge >= 0.3 is 0 Å². The van der Waals surface area contributed by atoms with Gasteiger partial charge in [-0.2, -0.15) is 5.26 Å². The van der Waals surface area contributed by atoms with Gasteiger partial charge in [0, 0.05) is 25.7 Å². The van der Waals surface area contributed by atoms with Crippen LogP contribution in [0.4, 0.5) is 11.6 Å². The molecule has 1 heterocycles. The van der Waals surface area contributed by atoms with Crippen LogP contribution in [-0.4, -0.2) is 29.6 Å². The second-order valence-electron chi connectivity index (χ2n) is 4.72. The molecule has 1 aliphatic rings. The van der Waals surface area contributed by atoms with Crippen molar-refractivity contribution in [3.8, 4) is 6.07 Å². The fourth-order valence-corrected chi connectivity index (χ4v) is 2.25. The van der Waals surface area contributed by atoms with Crippen LogP contribution in [-0.2, 0) is 0 Å². The van der Waals surface area contributed by atoms with Crippen LogP contribution >= 0.6 is 0 Å². The third-order valence-electron chi connectivity index (χ3n) is 3.31. The van der Waals surface area contributed by atoms with Crippen molar-refractivity contribution in [2.24, 2.45) is 0 Å². The first-order chi connectivity index (χ1) is 8.79. The smallest absolute Gasteiger partial charge is 0.133 e. The molecule has 2 rings (SSSR count). The van der Waals surface area contributed by atoms with Gasteiger partial charge in [0.05, 0.1) is 12.5 Å². The summed E-state index contributed by atoms with van der Waals surface area (Å²) in [6.45, 7) is 0.691. The number of rotatable bonds is 5. The van der Waals surface area contributed by atoms with E-state index in [1.165, 1.54) is 25.7 Å². The topological polar surface area (TPSA) is 64.8 Å². The van der Waals surface area contributed by atoms with Crippen molar-refractivity contribution in [1.82, 2.24) is 9.97 Å². The lowest BCUT2D eigenvalue weighted by Gasteiger charge is -2.18. The van der Waals surface area contributed by atoms with Gasteiger partial charge in [-0.05, 0) is 12.8 Å². The second kappa shape index (κ2) is 6.20. The van der Waals surface area contributed by atoms with Crippen LogP contribution in [0.15, 0.2) is 12.4 Å². The summed E-state index contributed by atoms with van der Waals surface area (Å²) in [6.07, 6.45) is 7.14. The molecule has 1 N–H and O–H groups in total. The van der Waals surface area contributed by atoms with Crippen molar-refractivity contribution < 1.29 is 0 Å². The maximum Gasteiger partial charge on any atom is 0.133 e. The number of nitriles is 1. The van der Waals surface area contributed by atoms with E-state index in [9.17, 15) is 0 Å². The van der Waals surface area contributed by atoms with Crippen molar-refractivity contribution in [1.29, 1.82) is 5.26 Å². The fraction of sp³-hybridized carbons (Fsp3) is 0.615. The Morgan fingerprint density at radius 2 is 2.22 bits per heavy atom. The van der Waals surface area contributed by atoms with Crippen molar-refractivity contribution in [2.75, 3.05) is 23.8 Å². The number of hydrogen-bond donors (Lipinski definition) is 1. The summed E-state index contributed by atoms with van der Waals surface area (Å²) in [5.74, 6) is 1.75. The van der Waals surface area contributed by atoms with Gasteiger partial charge in [0.25, 0.3) is 0 Å². The minimum Gasteiger partial charge on any atom is -0.367 e. The minimum absolute atomic E-state index is 0.506. The normalized spacial score (nSPS) is 15.3. The van der Waals surface area contributed by atoms with Crippen molar-refractivity contribution in [3.05, 3.63) is 12.4 Å². The largest absolute Gasteiger partial charge is 0.367 e. The molecule has 1 aromatic heterocycles. The zero-order valence-electron chi connectivity index (χ0n) is 10.8.